The van der Waals surface area contributed by atoms with Crippen LogP contribution in [0.2, 0.25) is 0 Å². The Labute approximate surface area is 133 Å². The molecule has 0 aliphatic carbocycles. The molecule has 1 atom stereocenters. The lowest BCUT2D eigenvalue weighted by molar-refractivity contribution is 0.482. The van der Waals surface area contributed by atoms with E-state index in [-0.39, 0.29) is 0 Å². The van der Waals surface area contributed by atoms with E-state index in [4.69, 9.17) is 4.42 Å². The molecular weight excluding hydrogens is 292 g/mol. The predicted octanol–water partition coefficient (Wildman–Crippen LogP) is 1.66. The lowest BCUT2D eigenvalue weighted by Gasteiger charge is -2.32. The SMILES string of the molecule is CC1CN(c2ccn3nc(-c4ccco4)c(C#N)c3n2)CCN1. The van der Waals surface area contributed by atoms with Gasteiger partial charge in [-0.2, -0.15) is 10.4 Å². The molecule has 7 heteroatoms. The van der Waals surface area contributed by atoms with Crippen molar-refractivity contribution in [3.63, 3.8) is 0 Å². The van der Waals surface area contributed by atoms with Crippen molar-refractivity contribution in [2.45, 2.75) is 13.0 Å². The van der Waals surface area contributed by atoms with Crippen LogP contribution in [0.3, 0.4) is 0 Å². The molecule has 3 aromatic rings. The number of nitrogens with zero attached hydrogens (tertiary/aromatic N) is 5. The van der Waals surface area contributed by atoms with E-state index in [1.165, 1.54) is 0 Å². The number of furan rings is 1. The first-order chi connectivity index (χ1) is 11.3. The second-order valence-electron chi connectivity index (χ2n) is 5.67. The summed E-state index contributed by atoms with van der Waals surface area (Å²) in [7, 11) is 0. The van der Waals surface area contributed by atoms with E-state index in [9.17, 15) is 5.26 Å². The van der Waals surface area contributed by atoms with E-state index in [0.717, 1.165) is 25.5 Å². The van der Waals surface area contributed by atoms with Gasteiger partial charge in [0.25, 0.3) is 0 Å². The number of anilines is 1. The van der Waals surface area contributed by atoms with E-state index in [1.807, 2.05) is 12.3 Å². The fraction of sp³-hybridized carbons (Fsp3) is 0.312. The fourth-order valence-corrected chi connectivity index (χ4v) is 2.92. The maximum atomic E-state index is 9.54. The minimum atomic E-state index is 0.417. The van der Waals surface area contributed by atoms with Crippen LogP contribution in [0.15, 0.2) is 35.1 Å². The molecule has 0 amide bonds. The number of piperazine rings is 1. The van der Waals surface area contributed by atoms with Crippen molar-refractivity contribution in [2.75, 3.05) is 24.5 Å². The molecule has 1 unspecified atom stereocenters. The number of hydrogen-bond acceptors (Lipinski definition) is 6. The highest BCUT2D eigenvalue weighted by molar-refractivity contribution is 5.73. The van der Waals surface area contributed by atoms with Gasteiger partial charge in [-0.25, -0.2) is 9.50 Å². The van der Waals surface area contributed by atoms with E-state index in [0.29, 0.717) is 28.7 Å². The number of aromatic nitrogens is 3. The second-order valence-corrected chi connectivity index (χ2v) is 5.67. The van der Waals surface area contributed by atoms with Crippen molar-refractivity contribution < 1.29 is 4.42 Å². The van der Waals surface area contributed by atoms with Crippen LogP contribution in [-0.2, 0) is 0 Å². The van der Waals surface area contributed by atoms with Gasteiger partial charge in [0.15, 0.2) is 11.4 Å². The van der Waals surface area contributed by atoms with E-state index in [1.54, 1.807) is 22.9 Å². The third kappa shape index (κ3) is 2.33. The van der Waals surface area contributed by atoms with Gasteiger partial charge in [0.05, 0.1) is 6.26 Å². The van der Waals surface area contributed by atoms with Crippen LogP contribution in [0.5, 0.6) is 0 Å². The molecule has 116 valence electrons. The van der Waals surface area contributed by atoms with E-state index in [2.05, 4.69) is 33.3 Å². The summed E-state index contributed by atoms with van der Waals surface area (Å²) in [6.07, 6.45) is 3.42. The summed E-state index contributed by atoms with van der Waals surface area (Å²) in [5.74, 6) is 1.44. The first-order valence-electron chi connectivity index (χ1n) is 7.58. The zero-order chi connectivity index (χ0) is 15.8. The molecule has 0 aromatic carbocycles. The molecule has 23 heavy (non-hydrogen) atoms. The lowest BCUT2D eigenvalue weighted by atomic mass is 10.2. The van der Waals surface area contributed by atoms with Crippen LogP contribution in [-0.4, -0.2) is 40.3 Å². The van der Waals surface area contributed by atoms with Gasteiger partial charge >= 0.3 is 0 Å². The first-order valence-corrected chi connectivity index (χ1v) is 7.58. The van der Waals surface area contributed by atoms with Crippen molar-refractivity contribution >= 4 is 11.5 Å². The van der Waals surface area contributed by atoms with Crippen LogP contribution in [0.4, 0.5) is 5.82 Å². The van der Waals surface area contributed by atoms with E-state index >= 15 is 0 Å². The minimum Gasteiger partial charge on any atom is -0.463 e. The Bertz CT molecular complexity index is 876. The van der Waals surface area contributed by atoms with Gasteiger partial charge in [0.1, 0.15) is 23.1 Å². The molecule has 0 spiro atoms. The summed E-state index contributed by atoms with van der Waals surface area (Å²) in [5.41, 5.74) is 1.52. The molecule has 1 aliphatic heterocycles. The van der Waals surface area contributed by atoms with Gasteiger partial charge in [0.2, 0.25) is 0 Å². The maximum Gasteiger partial charge on any atom is 0.175 e. The molecule has 1 aliphatic rings. The molecular formula is C16H16N6O. The molecule has 4 rings (SSSR count). The average molecular weight is 308 g/mol. The molecule has 3 aromatic heterocycles. The fourth-order valence-electron chi connectivity index (χ4n) is 2.92. The summed E-state index contributed by atoms with van der Waals surface area (Å²) in [6.45, 7) is 4.87. The molecule has 1 fully saturated rings. The first kappa shape index (κ1) is 13.8. The van der Waals surface area contributed by atoms with Gasteiger partial charge in [0, 0.05) is 31.9 Å². The average Bonchev–Trinajstić information content (AvgIpc) is 3.21. The van der Waals surface area contributed by atoms with Crippen molar-refractivity contribution in [2.24, 2.45) is 0 Å². The van der Waals surface area contributed by atoms with Crippen molar-refractivity contribution in [3.8, 4) is 17.5 Å². The van der Waals surface area contributed by atoms with Gasteiger partial charge in [-0.1, -0.05) is 0 Å². The molecule has 1 N–H and O–H groups in total. The quantitative estimate of drug-likeness (QED) is 0.775. The third-order valence-corrected chi connectivity index (χ3v) is 4.03. The summed E-state index contributed by atoms with van der Waals surface area (Å²) >= 11 is 0. The second kappa shape index (κ2) is 5.41. The molecule has 0 saturated carbocycles. The number of nitrogens with one attached hydrogen (secondary N) is 1. The predicted molar refractivity (Wildman–Crippen MR) is 85.1 cm³/mol. The van der Waals surface area contributed by atoms with Gasteiger partial charge in [-0.15, -0.1) is 0 Å². The monoisotopic (exact) mass is 308 g/mol. The number of nitriles is 1. The highest BCUT2D eigenvalue weighted by atomic mass is 16.3. The zero-order valence-corrected chi connectivity index (χ0v) is 12.7. The minimum absolute atomic E-state index is 0.417. The number of hydrogen-bond donors (Lipinski definition) is 1. The topological polar surface area (TPSA) is 82.4 Å². The van der Waals surface area contributed by atoms with Crippen LogP contribution in [0, 0.1) is 11.3 Å². The van der Waals surface area contributed by atoms with Crippen LogP contribution in [0.25, 0.3) is 17.1 Å². The van der Waals surface area contributed by atoms with E-state index < -0.39 is 0 Å². The maximum absolute atomic E-state index is 9.54. The van der Waals surface area contributed by atoms with Crippen molar-refractivity contribution in [3.05, 3.63) is 36.2 Å². The van der Waals surface area contributed by atoms with Crippen molar-refractivity contribution in [1.82, 2.24) is 19.9 Å². The normalized spacial score (nSPS) is 18.3. The summed E-state index contributed by atoms with van der Waals surface area (Å²) < 4.78 is 7.01. The Morgan fingerprint density at radius 1 is 1.43 bits per heavy atom. The zero-order valence-electron chi connectivity index (χ0n) is 12.7. The van der Waals surface area contributed by atoms with Gasteiger partial charge in [-0.05, 0) is 25.1 Å². The number of fused-ring (bicyclic) bond motifs is 1. The molecule has 7 nitrogen and oxygen atoms in total. The van der Waals surface area contributed by atoms with Gasteiger partial charge < -0.3 is 14.6 Å². The van der Waals surface area contributed by atoms with Crippen molar-refractivity contribution in [1.29, 1.82) is 5.26 Å². The van der Waals surface area contributed by atoms with Crippen LogP contribution >= 0.6 is 0 Å². The Balaban J connectivity index is 1.81. The largest absolute Gasteiger partial charge is 0.463 e. The Kier molecular flexibility index (Phi) is 3.24. The molecule has 0 radical (unpaired) electrons. The highest BCUT2D eigenvalue weighted by Crippen LogP contribution is 2.26. The molecule has 1 saturated heterocycles. The highest BCUT2D eigenvalue weighted by Gasteiger charge is 2.21. The summed E-state index contributed by atoms with van der Waals surface area (Å²) in [4.78, 5) is 6.89. The molecule has 0 bridgehead atoms. The Hall–Kier alpha value is -2.85. The lowest BCUT2D eigenvalue weighted by Crippen LogP contribution is -2.49. The van der Waals surface area contributed by atoms with Crippen LogP contribution in [0.1, 0.15) is 12.5 Å². The van der Waals surface area contributed by atoms with Crippen LogP contribution < -0.4 is 10.2 Å². The standard InChI is InChI=1S/C16H16N6O/c1-11-10-21(7-5-18-11)14-4-6-22-16(19-14)12(9-17)15(20-22)13-3-2-8-23-13/h2-4,6,8,11,18H,5,7,10H2,1H3. The van der Waals surface area contributed by atoms with Gasteiger partial charge in [-0.3, -0.25) is 0 Å². The summed E-state index contributed by atoms with van der Waals surface area (Å²) in [6, 6.07) is 8.13. The molecule has 4 heterocycles. The third-order valence-electron chi connectivity index (χ3n) is 4.03. The summed E-state index contributed by atoms with van der Waals surface area (Å²) in [5, 5.41) is 17.4. The Morgan fingerprint density at radius 2 is 2.35 bits per heavy atom. The number of rotatable bonds is 2. The smallest absolute Gasteiger partial charge is 0.175 e. The Morgan fingerprint density at radius 3 is 3.09 bits per heavy atom.